The zero-order valence-electron chi connectivity index (χ0n) is 10.2. The van der Waals surface area contributed by atoms with Crippen molar-refractivity contribution in [1.82, 2.24) is 15.1 Å². The third kappa shape index (κ3) is 2.98. The van der Waals surface area contributed by atoms with E-state index in [1.54, 1.807) is 4.68 Å². The summed E-state index contributed by atoms with van der Waals surface area (Å²) in [6, 6.07) is 0.194. The van der Waals surface area contributed by atoms with E-state index in [0.717, 1.165) is 17.8 Å². The second kappa shape index (κ2) is 5.34. The van der Waals surface area contributed by atoms with E-state index in [1.165, 1.54) is 0 Å². The van der Waals surface area contributed by atoms with E-state index >= 15 is 0 Å². The second-order valence-corrected chi connectivity index (χ2v) is 4.40. The molecule has 4 nitrogen and oxygen atoms in total. The van der Waals surface area contributed by atoms with E-state index in [2.05, 4.69) is 10.4 Å². The molecular weight excluding hydrogens is 226 g/mol. The average molecular weight is 244 g/mol. The summed E-state index contributed by atoms with van der Waals surface area (Å²) in [4.78, 5) is 11.6. The molecule has 0 aliphatic rings. The van der Waals surface area contributed by atoms with Crippen molar-refractivity contribution in [3.63, 3.8) is 0 Å². The predicted molar refractivity (Wildman–Crippen MR) is 64.6 cm³/mol. The van der Waals surface area contributed by atoms with Crippen molar-refractivity contribution in [3.05, 3.63) is 16.4 Å². The van der Waals surface area contributed by atoms with Gasteiger partial charge in [0.25, 0.3) is 0 Å². The molecule has 1 heterocycles. The lowest BCUT2D eigenvalue weighted by atomic mass is 10.2. The molecule has 16 heavy (non-hydrogen) atoms. The molecule has 0 spiro atoms. The van der Waals surface area contributed by atoms with Crippen LogP contribution < -0.4 is 5.32 Å². The molecule has 1 aromatic rings. The normalized spacial score (nSPS) is 12.6. The Morgan fingerprint density at radius 3 is 2.62 bits per heavy atom. The molecular formula is C11H18ClN3O. The third-order valence-electron chi connectivity index (χ3n) is 2.61. The number of nitrogens with zero attached hydrogens (tertiary/aromatic N) is 2. The van der Waals surface area contributed by atoms with Gasteiger partial charge in [0.05, 0.1) is 16.4 Å². The first kappa shape index (κ1) is 13.0. The lowest BCUT2D eigenvalue weighted by Gasteiger charge is -2.11. The number of hydrogen-bond donors (Lipinski definition) is 1. The van der Waals surface area contributed by atoms with Crippen LogP contribution in [0.1, 0.15) is 31.7 Å². The molecule has 1 N–H and O–H groups in total. The zero-order chi connectivity index (χ0) is 12.3. The molecule has 0 saturated carbocycles. The monoisotopic (exact) mass is 243 g/mol. The maximum atomic E-state index is 11.6. The first-order valence-corrected chi connectivity index (χ1v) is 5.82. The summed E-state index contributed by atoms with van der Waals surface area (Å²) in [5.41, 5.74) is 1.59. The maximum Gasteiger partial charge on any atom is 0.241 e. The molecule has 1 amide bonds. The number of rotatable bonds is 4. The summed E-state index contributed by atoms with van der Waals surface area (Å²) in [5.74, 6) is -0.0309. The summed E-state index contributed by atoms with van der Waals surface area (Å²) >= 11 is 6.00. The molecule has 0 aliphatic carbocycles. The average Bonchev–Trinajstić information content (AvgIpc) is 2.46. The largest absolute Gasteiger partial charge is 0.352 e. The van der Waals surface area contributed by atoms with Crippen molar-refractivity contribution in [2.75, 3.05) is 0 Å². The highest BCUT2D eigenvalue weighted by atomic mass is 35.5. The van der Waals surface area contributed by atoms with Crippen LogP contribution in [-0.4, -0.2) is 21.7 Å². The SMILES string of the molecule is CCC(C)NC(=O)Cn1nc(C)c(Cl)c1C. The van der Waals surface area contributed by atoms with Crippen LogP contribution >= 0.6 is 11.6 Å². The van der Waals surface area contributed by atoms with E-state index < -0.39 is 0 Å². The van der Waals surface area contributed by atoms with E-state index in [4.69, 9.17) is 11.6 Å². The molecule has 0 fully saturated rings. The van der Waals surface area contributed by atoms with Gasteiger partial charge in [-0.25, -0.2) is 0 Å². The highest BCUT2D eigenvalue weighted by molar-refractivity contribution is 6.31. The minimum Gasteiger partial charge on any atom is -0.352 e. The Hall–Kier alpha value is -1.03. The Morgan fingerprint density at radius 1 is 1.56 bits per heavy atom. The van der Waals surface area contributed by atoms with Crippen LogP contribution in [0, 0.1) is 13.8 Å². The number of nitrogens with one attached hydrogen (secondary N) is 1. The van der Waals surface area contributed by atoms with Gasteiger partial charge in [0.15, 0.2) is 0 Å². The molecule has 1 rings (SSSR count). The lowest BCUT2D eigenvalue weighted by molar-refractivity contribution is -0.122. The Labute approximate surface area is 101 Å². The minimum absolute atomic E-state index is 0.0309. The third-order valence-corrected chi connectivity index (χ3v) is 3.15. The van der Waals surface area contributed by atoms with Crippen molar-refractivity contribution >= 4 is 17.5 Å². The van der Waals surface area contributed by atoms with Gasteiger partial charge < -0.3 is 5.32 Å². The van der Waals surface area contributed by atoms with Crippen LogP contribution in [-0.2, 0) is 11.3 Å². The second-order valence-electron chi connectivity index (χ2n) is 4.02. The summed E-state index contributed by atoms with van der Waals surface area (Å²) in [6.07, 6.45) is 0.920. The van der Waals surface area contributed by atoms with Crippen molar-refractivity contribution in [2.24, 2.45) is 0 Å². The predicted octanol–water partition coefficient (Wildman–Crippen LogP) is 2.07. The maximum absolute atomic E-state index is 11.6. The fourth-order valence-corrected chi connectivity index (χ4v) is 1.52. The fourth-order valence-electron chi connectivity index (χ4n) is 1.39. The van der Waals surface area contributed by atoms with Crippen LogP contribution in [0.3, 0.4) is 0 Å². The molecule has 0 saturated heterocycles. The van der Waals surface area contributed by atoms with Crippen LogP contribution in [0.5, 0.6) is 0 Å². The molecule has 1 unspecified atom stereocenters. The van der Waals surface area contributed by atoms with E-state index in [0.29, 0.717) is 5.02 Å². The molecule has 90 valence electrons. The van der Waals surface area contributed by atoms with Crippen LogP contribution in [0.2, 0.25) is 5.02 Å². The van der Waals surface area contributed by atoms with Gasteiger partial charge >= 0.3 is 0 Å². The number of aryl methyl sites for hydroxylation is 1. The Bertz CT molecular complexity index is 387. The van der Waals surface area contributed by atoms with Crippen molar-refractivity contribution in [2.45, 2.75) is 46.7 Å². The summed E-state index contributed by atoms with van der Waals surface area (Å²) in [7, 11) is 0. The number of amides is 1. The Balaban J connectivity index is 2.66. The highest BCUT2D eigenvalue weighted by Gasteiger charge is 2.12. The number of carbonyl (C=O) groups excluding carboxylic acids is 1. The van der Waals surface area contributed by atoms with Crippen LogP contribution in [0.4, 0.5) is 0 Å². The van der Waals surface area contributed by atoms with Crippen molar-refractivity contribution in [1.29, 1.82) is 0 Å². The topological polar surface area (TPSA) is 46.9 Å². The van der Waals surface area contributed by atoms with Gasteiger partial charge in [-0.05, 0) is 27.2 Å². The van der Waals surface area contributed by atoms with Crippen molar-refractivity contribution < 1.29 is 4.79 Å². The summed E-state index contributed by atoms with van der Waals surface area (Å²) in [6.45, 7) is 7.93. The molecule has 0 aliphatic heterocycles. The van der Waals surface area contributed by atoms with Gasteiger partial charge in [0.2, 0.25) is 5.91 Å². The molecule has 1 atom stereocenters. The smallest absolute Gasteiger partial charge is 0.241 e. The standard InChI is InChI=1S/C11H18ClN3O/c1-5-7(2)13-10(16)6-15-9(4)11(12)8(3)14-15/h7H,5-6H2,1-4H3,(H,13,16). The van der Waals surface area contributed by atoms with Crippen LogP contribution in [0.15, 0.2) is 0 Å². The zero-order valence-corrected chi connectivity index (χ0v) is 10.9. The van der Waals surface area contributed by atoms with Crippen molar-refractivity contribution in [3.8, 4) is 0 Å². The summed E-state index contributed by atoms with van der Waals surface area (Å²) < 4.78 is 1.63. The first-order chi connectivity index (χ1) is 7.45. The first-order valence-electron chi connectivity index (χ1n) is 5.44. The molecule has 0 aromatic carbocycles. The van der Waals surface area contributed by atoms with E-state index in [1.807, 2.05) is 27.7 Å². The number of hydrogen-bond acceptors (Lipinski definition) is 2. The number of halogens is 1. The lowest BCUT2D eigenvalue weighted by Crippen LogP contribution is -2.35. The van der Waals surface area contributed by atoms with Gasteiger partial charge in [-0.15, -0.1) is 0 Å². The molecule has 5 heteroatoms. The van der Waals surface area contributed by atoms with Gasteiger partial charge in [-0.2, -0.15) is 5.10 Å². The van der Waals surface area contributed by atoms with Crippen LogP contribution in [0.25, 0.3) is 0 Å². The number of carbonyl (C=O) groups is 1. The van der Waals surface area contributed by atoms with Gasteiger partial charge in [0, 0.05) is 6.04 Å². The molecule has 0 radical (unpaired) electrons. The van der Waals surface area contributed by atoms with Gasteiger partial charge in [-0.1, -0.05) is 18.5 Å². The Kier molecular flexibility index (Phi) is 4.35. The van der Waals surface area contributed by atoms with E-state index in [9.17, 15) is 4.79 Å². The van der Waals surface area contributed by atoms with Gasteiger partial charge in [0.1, 0.15) is 6.54 Å². The minimum atomic E-state index is -0.0309. The van der Waals surface area contributed by atoms with Gasteiger partial charge in [-0.3, -0.25) is 9.48 Å². The summed E-state index contributed by atoms with van der Waals surface area (Å²) in [5, 5.41) is 7.73. The molecule has 0 bridgehead atoms. The van der Waals surface area contributed by atoms with E-state index in [-0.39, 0.29) is 18.5 Å². The number of aromatic nitrogens is 2. The molecule has 1 aromatic heterocycles. The quantitative estimate of drug-likeness (QED) is 0.880. The fraction of sp³-hybridized carbons (Fsp3) is 0.636. The highest BCUT2D eigenvalue weighted by Crippen LogP contribution is 2.18. The Morgan fingerprint density at radius 2 is 2.19 bits per heavy atom.